The molecular formula is C15H13F3O2. The number of hydrogen-bond acceptors (Lipinski definition) is 2. The molecule has 0 aliphatic carbocycles. The average molecular weight is 282 g/mol. The monoisotopic (exact) mass is 282 g/mol. The van der Waals surface area contributed by atoms with Crippen LogP contribution in [0.3, 0.4) is 0 Å². The number of benzene rings is 2. The highest BCUT2D eigenvalue weighted by Gasteiger charge is 2.21. The molecule has 2 aromatic carbocycles. The topological polar surface area (TPSA) is 29.5 Å². The van der Waals surface area contributed by atoms with Gasteiger partial charge in [0.25, 0.3) is 0 Å². The molecule has 2 aromatic rings. The highest BCUT2D eigenvalue weighted by Crippen LogP contribution is 2.29. The third-order valence-electron chi connectivity index (χ3n) is 2.80. The Morgan fingerprint density at radius 3 is 2.35 bits per heavy atom. The van der Waals surface area contributed by atoms with Crippen LogP contribution in [-0.2, 0) is 0 Å². The Labute approximate surface area is 114 Å². The van der Waals surface area contributed by atoms with Gasteiger partial charge in [0.1, 0.15) is 29.3 Å². The van der Waals surface area contributed by atoms with E-state index in [4.69, 9.17) is 4.74 Å². The lowest BCUT2D eigenvalue weighted by molar-refractivity contribution is 0.208. The maximum Gasteiger partial charge on any atom is 0.135 e. The van der Waals surface area contributed by atoms with E-state index in [9.17, 15) is 18.3 Å². The summed E-state index contributed by atoms with van der Waals surface area (Å²) in [4.78, 5) is 0. The van der Waals surface area contributed by atoms with E-state index in [0.717, 1.165) is 0 Å². The molecule has 2 rings (SSSR count). The van der Waals surface area contributed by atoms with Crippen molar-refractivity contribution in [3.8, 4) is 5.75 Å². The van der Waals surface area contributed by atoms with Crippen LogP contribution in [0.2, 0.25) is 0 Å². The summed E-state index contributed by atoms with van der Waals surface area (Å²) < 4.78 is 45.4. The minimum atomic E-state index is -1.53. The summed E-state index contributed by atoms with van der Waals surface area (Å²) in [5.74, 6) is -2.81. The molecule has 0 bridgehead atoms. The van der Waals surface area contributed by atoms with E-state index in [2.05, 4.69) is 0 Å². The van der Waals surface area contributed by atoms with Crippen LogP contribution in [0, 0.1) is 17.5 Å². The second-order valence-electron chi connectivity index (χ2n) is 4.19. The summed E-state index contributed by atoms with van der Waals surface area (Å²) in [7, 11) is 0. The Bertz CT molecular complexity index is 591. The van der Waals surface area contributed by atoms with Crippen molar-refractivity contribution in [3.63, 3.8) is 0 Å². The Morgan fingerprint density at radius 1 is 1.10 bits per heavy atom. The van der Waals surface area contributed by atoms with Crippen molar-refractivity contribution in [2.24, 2.45) is 0 Å². The Morgan fingerprint density at radius 2 is 1.75 bits per heavy atom. The van der Waals surface area contributed by atoms with Gasteiger partial charge in [-0.05, 0) is 24.6 Å². The molecule has 0 saturated carbocycles. The van der Waals surface area contributed by atoms with Gasteiger partial charge in [0.15, 0.2) is 0 Å². The fourth-order valence-electron chi connectivity index (χ4n) is 1.92. The molecule has 0 fully saturated rings. The van der Waals surface area contributed by atoms with E-state index in [0.29, 0.717) is 24.5 Å². The van der Waals surface area contributed by atoms with Crippen LogP contribution < -0.4 is 4.74 Å². The fourth-order valence-corrected chi connectivity index (χ4v) is 1.92. The van der Waals surface area contributed by atoms with E-state index in [1.807, 2.05) is 0 Å². The van der Waals surface area contributed by atoms with Crippen molar-refractivity contribution >= 4 is 0 Å². The lowest BCUT2D eigenvalue weighted by Crippen LogP contribution is -2.07. The third kappa shape index (κ3) is 2.93. The lowest BCUT2D eigenvalue weighted by Gasteiger charge is -2.14. The molecule has 0 aliphatic heterocycles. The van der Waals surface area contributed by atoms with E-state index >= 15 is 0 Å². The SMILES string of the molecule is CCOc1cccc(C(O)c2c(F)cc(F)cc2F)c1. The van der Waals surface area contributed by atoms with Gasteiger partial charge in [0, 0.05) is 12.1 Å². The molecular weight excluding hydrogens is 269 g/mol. The number of aliphatic hydroxyl groups is 1. The van der Waals surface area contributed by atoms with Gasteiger partial charge in [0.05, 0.1) is 12.2 Å². The number of halogens is 3. The van der Waals surface area contributed by atoms with Crippen LogP contribution in [0.1, 0.15) is 24.2 Å². The minimum Gasteiger partial charge on any atom is -0.494 e. The molecule has 0 spiro atoms. The first kappa shape index (κ1) is 14.4. The molecule has 5 heteroatoms. The van der Waals surface area contributed by atoms with Gasteiger partial charge in [0.2, 0.25) is 0 Å². The number of hydrogen-bond donors (Lipinski definition) is 1. The molecule has 0 saturated heterocycles. The van der Waals surface area contributed by atoms with Crippen molar-refractivity contribution < 1.29 is 23.0 Å². The number of ether oxygens (including phenoxy) is 1. The van der Waals surface area contributed by atoms with Crippen LogP contribution in [0.15, 0.2) is 36.4 Å². The number of rotatable bonds is 4. The van der Waals surface area contributed by atoms with Crippen LogP contribution in [0.5, 0.6) is 5.75 Å². The Kier molecular flexibility index (Phi) is 4.29. The molecule has 1 N–H and O–H groups in total. The Hall–Kier alpha value is -2.01. The summed E-state index contributed by atoms with van der Waals surface area (Å²) >= 11 is 0. The highest BCUT2D eigenvalue weighted by molar-refractivity contribution is 5.36. The van der Waals surface area contributed by atoms with Crippen molar-refractivity contribution in [1.29, 1.82) is 0 Å². The second-order valence-corrected chi connectivity index (χ2v) is 4.19. The van der Waals surface area contributed by atoms with Crippen LogP contribution in [0.25, 0.3) is 0 Å². The summed E-state index contributed by atoms with van der Waals surface area (Å²) in [6, 6.07) is 7.33. The van der Waals surface area contributed by atoms with E-state index in [1.54, 1.807) is 19.1 Å². The molecule has 0 aliphatic rings. The van der Waals surface area contributed by atoms with Gasteiger partial charge < -0.3 is 9.84 Å². The standard InChI is InChI=1S/C15H13F3O2/c1-2-20-11-5-3-4-9(6-11)15(19)14-12(17)7-10(16)8-13(14)18/h3-8,15,19H,2H2,1H3. The zero-order valence-corrected chi connectivity index (χ0v) is 10.7. The first-order valence-corrected chi connectivity index (χ1v) is 6.08. The maximum atomic E-state index is 13.6. The van der Waals surface area contributed by atoms with E-state index in [-0.39, 0.29) is 5.56 Å². The molecule has 0 heterocycles. The van der Waals surface area contributed by atoms with E-state index < -0.39 is 29.1 Å². The smallest absolute Gasteiger partial charge is 0.135 e. The van der Waals surface area contributed by atoms with Crippen LogP contribution >= 0.6 is 0 Å². The zero-order valence-electron chi connectivity index (χ0n) is 10.7. The molecule has 1 unspecified atom stereocenters. The van der Waals surface area contributed by atoms with E-state index in [1.165, 1.54) is 12.1 Å². The predicted molar refractivity (Wildman–Crippen MR) is 68.0 cm³/mol. The summed E-state index contributed by atoms with van der Waals surface area (Å²) in [5.41, 5.74) is -0.319. The molecule has 1 atom stereocenters. The van der Waals surface area contributed by atoms with Gasteiger partial charge in [-0.15, -0.1) is 0 Å². The van der Waals surface area contributed by atoms with Gasteiger partial charge in [-0.3, -0.25) is 0 Å². The van der Waals surface area contributed by atoms with Crippen molar-refractivity contribution in [3.05, 3.63) is 65.0 Å². The third-order valence-corrected chi connectivity index (χ3v) is 2.80. The van der Waals surface area contributed by atoms with Gasteiger partial charge in [-0.25, -0.2) is 13.2 Å². The molecule has 0 aromatic heterocycles. The largest absolute Gasteiger partial charge is 0.494 e. The average Bonchev–Trinajstić information content (AvgIpc) is 2.38. The lowest BCUT2D eigenvalue weighted by atomic mass is 10.00. The molecule has 0 radical (unpaired) electrons. The van der Waals surface area contributed by atoms with Gasteiger partial charge >= 0.3 is 0 Å². The first-order chi connectivity index (χ1) is 9.52. The number of aliphatic hydroxyl groups excluding tert-OH is 1. The van der Waals surface area contributed by atoms with Crippen LogP contribution in [-0.4, -0.2) is 11.7 Å². The normalized spacial score (nSPS) is 12.2. The van der Waals surface area contributed by atoms with Crippen molar-refractivity contribution in [2.45, 2.75) is 13.0 Å². The maximum absolute atomic E-state index is 13.6. The van der Waals surface area contributed by atoms with Gasteiger partial charge in [-0.2, -0.15) is 0 Å². The zero-order chi connectivity index (χ0) is 14.7. The highest BCUT2D eigenvalue weighted by atomic mass is 19.1. The summed E-state index contributed by atoms with van der Waals surface area (Å²) in [6.45, 7) is 2.22. The van der Waals surface area contributed by atoms with Crippen molar-refractivity contribution in [1.82, 2.24) is 0 Å². The first-order valence-electron chi connectivity index (χ1n) is 6.08. The van der Waals surface area contributed by atoms with Crippen LogP contribution in [0.4, 0.5) is 13.2 Å². The molecule has 20 heavy (non-hydrogen) atoms. The molecule has 106 valence electrons. The summed E-state index contributed by atoms with van der Waals surface area (Å²) in [6.07, 6.45) is -1.53. The van der Waals surface area contributed by atoms with Gasteiger partial charge in [-0.1, -0.05) is 12.1 Å². The molecule has 2 nitrogen and oxygen atoms in total. The Balaban J connectivity index is 2.41. The fraction of sp³-hybridized carbons (Fsp3) is 0.200. The quantitative estimate of drug-likeness (QED) is 0.928. The summed E-state index contributed by atoms with van der Waals surface area (Å²) in [5, 5.41) is 10.1. The predicted octanol–water partition coefficient (Wildman–Crippen LogP) is 3.58. The minimum absolute atomic E-state index is 0.264. The second kappa shape index (κ2) is 5.96. The van der Waals surface area contributed by atoms with Crippen molar-refractivity contribution in [2.75, 3.05) is 6.61 Å². The molecule has 0 amide bonds.